The Bertz CT molecular complexity index is 1050. The minimum atomic E-state index is -4.58. The van der Waals surface area contributed by atoms with Gasteiger partial charge < -0.3 is 20.3 Å². The number of alkyl halides is 3. The Labute approximate surface area is 202 Å². The van der Waals surface area contributed by atoms with Crippen LogP contribution < -0.4 is 10.6 Å². The molecule has 0 bridgehead atoms. The first-order valence-electron chi connectivity index (χ1n) is 10.4. The van der Waals surface area contributed by atoms with Gasteiger partial charge in [0.05, 0.1) is 11.6 Å². The van der Waals surface area contributed by atoms with E-state index in [0.717, 1.165) is 12.1 Å². The van der Waals surface area contributed by atoms with E-state index in [1.165, 1.54) is 23.1 Å². The lowest BCUT2D eigenvalue weighted by atomic mass is 9.94. The molecule has 0 saturated carbocycles. The number of rotatable bonds is 3. The maximum atomic E-state index is 13.4. The summed E-state index contributed by atoms with van der Waals surface area (Å²) in [5.74, 6) is -0.810. The highest BCUT2D eigenvalue weighted by Gasteiger charge is 2.39. The minimum absolute atomic E-state index is 0.0560. The number of halogens is 5. The lowest BCUT2D eigenvalue weighted by Crippen LogP contribution is -2.43. The smallest absolute Gasteiger partial charge is 0.416 e. The number of likely N-dealkylation sites (tertiary alicyclic amines) is 1. The Kier molecular flexibility index (Phi) is 7.44. The van der Waals surface area contributed by atoms with E-state index in [9.17, 15) is 27.2 Å². The fourth-order valence-corrected chi connectivity index (χ4v) is 4.13. The molecule has 2 N–H and O–H groups in total. The second kappa shape index (κ2) is 9.81. The number of hydrogen-bond acceptors (Lipinski definition) is 3. The number of amides is 3. The molecule has 184 valence electrons. The molecule has 6 nitrogen and oxygen atoms in total. The van der Waals surface area contributed by atoms with E-state index in [4.69, 9.17) is 4.74 Å². The van der Waals surface area contributed by atoms with Crippen molar-refractivity contribution in [2.45, 2.75) is 44.5 Å². The Morgan fingerprint density at radius 3 is 2.29 bits per heavy atom. The quantitative estimate of drug-likeness (QED) is 0.455. The van der Waals surface area contributed by atoms with Crippen LogP contribution in [0.25, 0.3) is 0 Å². The van der Waals surface area contributed by atoms with E-state index in [1.54, 1.807) is 32.9 Å². The third-order valence-corrected chi connectivity index (χ3v) is 5.53. The van der Waals surface area contributed by atoms with Crippen molar-refractivity contribution in [1.29, 1.82) is 0 Å². The van der Waals surface area contributed by atoms with Gasteiger partial charge in [0.1, 0.15) is 11.4 Å². The zero-order chi connectivity index (χ0) is 25.3. The standard InChI is InChI=1S/C23H24BrF4N3O3/c1-22(2,3)34-21(33)31-11-18(13-4-6-16(25)7-5-13)19(12-31)30-20(32)29-17-9-14(23(26,27)28)8-15(24)10-17/h4-10,18-19H,11-12H2,1-3H3,(H2,29,30,32)/t18-,19+/m0/s1. The van der Waals surface area contributed by atoms with Crippen LogP contribution in [0.3, 0.4) is 0 Å². The SMILES string of the molecule is CC(C)(C)OC(=O)N1C[C@@H](NC(=O)Nc2cc(Br)cc(C(F)(F)F)c2)[C@H](c2ccc(F)cc2)C1. The molecule has 0 unspecified atom stereocenters. The Morgan fingerprint density at radius 2 is 1.71 bits per heavy atom. The molecule has 0 aliphatic carbocycles. The van der Waals surface area contributed by atoms with Crippen LogP contribution in [-0.4, -0.2) is 41.8 Å². The molecule has 0 aromatic heterocycles. The van der Waals surface area contributed by atoms with Crippen molar-refractivity contribution < 1.29 is 31.9 Å². The highest BCUT2D eigenvalue weighted by atomic mass is 79.9. The average Bonchev–Trinajstić information content (AvgIpc) is 3.10. The van der Waals surface area contributed by atoms with Crippen LogP contribution in [0, 0.1) is 5.82 Å². The molecule has 2 aromatic rings. The normalized spacial score (nSPS) is 18.5. The van der Waals surface area contributed by atoms with E-state index in [2.05, 4.69) is 26.6 Å². The second-order valence-corrected chi connectivity index (χ2v) is 9.89. The second-order valence-electron chi connectivity index (χ2n) is 8.97. The van der Waals surface area contributed by atoms with E-state index >= 15 is 0 Å². The minimum Gasteiger partial charge on any atom is -0.444 e. The molecular formula is C23H24BrF4N3O3. The van der Waals surface area contributed by atoms with Crippen molar-refractivity contribution >= 4 is 33.7 Å². The summed E-state index contributed by atoms with van der Waals surface area (Å²) >= 11 is 3.02. The first-order chi connectivity index (χ1) is 15.7. The highest BCUT2D eigenvalue weighted by Crippen LogP contribution is 2.34. The number of nitrogens with zero attached hydrogens (tertiary/aromatic N) is 1. The Balaban J connectivity index is 1.78. The van der Waals surface area contributed by atoms with Crippen molar-refractivity contribution in [3.63, 3.8) is 0 Å². The fourth-order valence-electron chi connectivity index (χ4n) is 3.63. The van der Waals surface area contributed by atoms with Crippen LogP contribution in [0.15, 0.2) is 46.9 Å². The lowest BCUT2D eigenvalue weighted by Gasteiger charge is -2.24. The van der Waals surface area contributed by atoms with Gasteiger partial charge in [0.2, 0.25) is 0 Å². The summed E-state index contributed by atoms with van der Waals surface area (Å²) in [6, 6.07) is 7.43. The molecule has 1 aliphatic heterocycles. The molecule has 34 heavy (non-hydrogen) atoms. The van der Waals surface area contributed by atoms with Crippen LogP contribution in [0.1, 0.15) is 37.8 Å². The van der Waals surface area contributed by atoms with Crippen LogP contribution in [-0.2, 0) is 10.9 Å². The van der Waals surface area contributed by atoms with Crippen LogP contribution in [0.2, 0.25) is 0 Å². The molecule has 3 amide bonds. The summed E-state index contributed by atoms with van der Waals surface area (Å²) in [5, 5.41) is 5.14. The Morgan fingerprint density at radius 1 is 1.06 bits per heavy atom. The summed E-state index contributed by atoms with van der Waals surface area (Å²) in [4.78, 5) is 26.7. The van der Waals surface area contributed by atoms with Crippen molar-refractivity contribution in [3.8, 4) is 0 Å². The van der Waals surface area contributed by atoms with Gasteiger partial charge in [-0.15, -0.1) is 0 Å². The predicted molar refractivity (Wildman–Crippen MR) is 122 cm³/mol. The van der Waals surface area contributed by atoms with E-state index in [1.807, 2.05) is 0 Å². The average molecular weight is 546 g/mol. The number of carbonyl (C=O) groups excluding carboxylic acids is 2. The third kappa shape index (κ3) is 6.85. The van der Waals surface area contributed by atoms with E-state index in [0.29, 0.717) is 5.56 Å². The molecule has 0 spiro atoms. The maximum absolute atomic E-state index is 13.4. The predicted octanol–water partition coefficient (Wildman–Crippen LogP) is 6.13. The van der Waals surface area contributed by atoms with Crippen molar-refractivity contribution in [2.75, 3.05) is 18.4 Å². The zero-order valence-electron chi connectivity index (χ0n) is 18.7. The van der Waals surface area contributed by atoms with Gasteiger partial charge in [-0.25, -0.2) is 14.0 Å². The molecule has 2 atom stereocenters. The largest absolute Gasteiger partial charge is 0.444 e. The monoisotopic (exact) mass is 545 g/mol. The number of anilines is 1. The van der Waals surface area contributed by atoms with Gasteiger partial charge in [-0.3, -0.25) is 0 Å². The summed E-state index contributed by atoms with van der Waals surface area (Å²) in [6.45, 7) is 5.51. The molecule has 1 fully saturated rings. The number of ether oxygens (including phenoxy) is 1. The van der Waals surface area contributed by atoms with Crippen LogP contribution >= 0.6 is 15.9 Å². The third-order valence-electron chi connectivity index (χ3n) is 5.07. The molecule has 11 heteroatoms. The molecule has 1 heterocycles. The number of nitrogens with one attached hydrogen (secondary N) is 2. The number of urea groups is 1. The summed E-state index contributed by atoms with van der Waals surface area (Å²) < 4.78 is 58.3. The number of benzene rings is 2. The van der Waals surface area contributed by atoms with Crippen molar-refractivity contribution in [1.82, 2.24) is 10.2 Å². The van der Waals surface area contributed by atoms with Gasteiger partial charge >= 0.3 is 18.3 Å². The first-order valence-corrected chi connectivity index (χ1v) is 11.2. The molecule has 1 saturated heterocycles. The van der Waals surface area contributed by atoms with Gasteiger partial charge in [-0.2, -0.15) is 13.2 Å². The first kappa shape index (κ1) is 25.8. The molecule has 3 rings (SSSR count). The van der Waals surface area contributed by atoms with Gasteiger partial charge in [-0.1, -0.05) is 28.1 Å². The lowest BCUT2D eigenvalue weighted by molar-refractivity contribution is -0.137. The molecule has 2 aromatic carbocycles. The Hall–Kier alpha value is -2.82. The van der Waals surface area contributed by atoms with Gasteiger partial charge in [0.15, 0.2) is 0 Å². The summed E-state index contributed by atoms with van der Waals surface area (Å²) in [5.41, 5.74) is -1.00. The van der Waals surface area contributed by atoms with Crippen LogP contribution in [0.4, 0.5) is 32.8 Å². The highest BCUT2D eigenvalue weighted by molar-refractivity contribution is 9.10. The van der Waals surface area contributed by atoms with E-state index in [-0.39, 0.29) is 29.2 Å². The fraction of sp³-hybridized carbons (Fsp3) is 0.391. The number of hydrogen-bond donors (Lipinski definition) is 2. The van der Waals surface area contributed by atoms with Crippen molar-refractivity contribution in [3.05, 3.63) is 63.9 Å². The van der Waals surface area contributed by atoms with Gasteiger partial charge in [0.25, 0.3) is 0 Å². The summed E-state index contributed by atoms with van der Waals surface area (Å²) in [7, 11) is 0. The molecule has 0 radical (unpaired) electrons. The van der Waals surface area contributed by atoms with Gasteiger partial charge in [0, 0.05) is 29.2 Å². The maximum Gasteiger partial charge on any atom is 0.416 e. The zero-order valence-corrected chi connectivity index (χ0v) is 20.3. The molecular weight excluding hydrogens is 522 g/mol. The topological polar surface area (TPSA) is 70.7 Å². The van der Waals surface area contributed by atoms with Gasteiger partial charge in [-0.05, 0) is 56.7 Å². The summed E-state index contributed by atoms with van der Waals surface area (Å²) in [6.07, 6.45) is -5.14. The number of carbonyl (C=O) groups is 2. The molecule has 1 aliphatic rings. The van der Waals surface area contributed by atoms with E-state index < -0.39 is 41.3 Å². The van der Waals surface area contributed by atoms with Crippen molar-refractivity contribution in [2.24, 2.45) is 0 Å². The van der Waals surface area contributed by atoms with Crippen LogP contribution in [0.5, 0.6) is 0 Å².